The molecule has 1 atom stereocenters. The molecule has 0 aromatic heterocycles. The number of ether oxygens (including phenoxy) is 1. The summed E-state index contributed by atoms with van der Waals surface area (Å²) in [7, 11) is 0. The number of benzene rings is 1. The number of amides is 1. The molecule has 1 amide bonds. The van der Waals surface area contributed by atoms with Gasteiger partial charge in [0.15, 0.2) is 0 Å². The van der Waals surface area contributed by atoms with Crippen molar-refractivity contribution in [3.63, 3.8) is 0 Å². The van der Waals surface area contributed by atoms with E-state index in [1.807, 2.05) is 52.0 Å². The Labute approximate surface area is 109 Å². The summed E-state index contributed by atoms with van der Waals surface area (Å²) < 4.78 is 5.74. The van der Waals surface area contributed by atoms with Crippen LogP contribution in [-0.4, -0.2) is 12.0 Å². The molecule has 0 saturated heterocycles. The van der Waals surface area contributed by atoms with Crippen LogP contribution >= 0.6 is 0 Å². The average molecular weight is 247 g/mol. The highest BCUT2D eigenvalue weighted by atomic mass is 16.5. The quantitative estimate of drug-likeness (QED) is 0.811. The third kappa shape index (κ3) is 4.24. The number of hydrogen-bond donors (Lipinski definition) is 1. The van der Waals surface area contributed by atoms with Crippen molar-refractivity contribution in [2.24, 2.45) is 0 Å². The van der Waals surface area contributed by atoms with Gasteiger partial charge in [0.25, 0.3) is 0 Å². The lowest BCUT2D eigenvalue weighted by molar-refractivity contribution is -0.117. The topological polar surface area (TPSA) is 38.3 Å². The third-order valence-corrected chi connectivity index (χ3v) is 2.42. The second-order valence-corrected chi connectivity index (χ2v) is 4.43. The summed E-state index contributed by atoms with van der Waals surface area (Å²) in [5, 5.41) is 2.90. The molecule has 3 nitrogen and oxygen atoms in total. The van der Waals surface area contributed by atoms with Gasteiger partial charge in [-0.3, -0.25) is 4.79 Å². The molecule has 0 spiro atoms. The van der Waals surface area contributed by atoms with Crippen molar-refractivity contribution in [2.45, 2.75) is 39.8 Å². The summed E-state index contributed by atoms with van der Waals surface area (Å²) >= 11 is 0. The summed E-state index contributed by atoms with van der Waals surface area (Å²) in [6.07, 6.45) is 3.35. The van der Waals surface area contributed by atoms with Gasteiger partial charge in [-0.05, 0) is 39.8 Å². The van der Waals surface area contributed by atoms with E-state index >= 15 is 0 Å². The zero-order chi connectivity index (χ0) is 13.5. The number of carbonyl (C=O) groups is 1. The summed E-state index contributed by atoms with van der Waals surface area (Å²) in [5.74, 6) is 0.727. The molecule has 3 heteroatoms. The van der Waals surface area contributed by atoms with Crippen LogP contribution in [0.2, 0.25) is 0 Å². The highest BCUT2D eigenvalue weighted by molar-refractivity contribution is 5.87. The van der Waals surface area contributed by atoms with E-state index in [2.05, 4.69) is 5.32 Å². The van der Waals surface area contributed by atoms with Gasteiger partial charge in [-0.2, -0.15) is 0 Å². The van der Waals surface area contributed by atoms with Crippen LogP contribution in [0.25, 0.3) is 0 Å². The lowest BCUT2D eigenvalue weighted by atomic mass is 10.1. The van der Waals surface area contributed by atoms with E-state index in [1.54, 1.807) is 6.08 Å². The lowest BCUT2D eigenvalue weighted by Crippen LogP contribution is -2.25. The van der Waals surface area contributed by atoms with Crippen LogP contribution in [0, 0.1) is 0 Å². The molecule has 0 saturated carbocycles. The SMILES string of the molecule is CC=CC(=O)NC(C)c1ccccc1OC(C)C. The molecular formula is C15H21NO2. The van der Waals surface area contributed by atoms with Gasteiger partial charge in [0, 0.05) is 5.56 Å². The fourth-order valence-electron chi connectivity index (χ4n) is 1.69. The Morgan fingerprint density at radius 1 is 1.28 bits per heavy atom. The minimum absolute atomic E-state index is 0.0800. The van der Waals surface area contributed by atoms with Crippen molar-refractivity contribution in [1.29, 1.82) is 0 Å². The maximum Gasteiger partial charge on any atom is 0.244 e. The largest absolute Gasteiger partial charge is 0.491 e. The number of nitrogens with one attached hydrogen (secondary N) is 1. The Bertz CT molecular complexity index is 424. The van der Waals surface area contributed by atoms with Gasteiger partial charge >= 0.3 is 0 Å². The van der Waals surface area contributed by atoms with Crippen LogP contribution in [-0.2, 0) is 4.79 Å². The Morgan fingerprint density at radius 3 is 2.56 bits per heavy atom. The molecule has 0 bridgehead atoms. The first-order valence-electron chi connectivity index (χ1n) is 6.23. The number of allylic oxidation sites excluding steroid dienone is 1. The molecule has 0 radical (unpaired) electrons. The Hall–Kier alpha value is -1.77. The zero-order valence-corrected chi connectivity index (χ0v) is 11.4. The van der Waals surface area contributed by atoms with E-state index in [-0.39, 0.29) is 18.1 Å². The molecule has 0 heterocycles. The molecule has 0 fully saturated rings. The predicted octanol–water partition coefficient (Wildman–Crippen LogP) is 3.23. The Kier molecular flexibility index (Phi) is 5.43. The molecule has 1 aromatic rings. The van der Waals surface area contributed by atoms with Crippen LogP contribution in [0.5, 0.6) is 5.75 Å². The summed E-state index contributed by atoms with van der Waals surface area (Å²) in [6, 6.07) is 7.69. The normalized spacial score (nSPS) is 12.7. The van der Waals surface area contributed by atoms with Gasteiger partial charge in [0.1, 0.15) is 5.75 Å². The van der Waals surface area contributed by atoms with Gasteiger partial charge in [-0.15, -0.1) is 0 Å². The van der Waals surface area contributed by atoms with E-state index in [9.17, 15) is 4.79 Å². The maximum atomic E-state index is 11.5. The Balaban J connectivity index is 2.84. The van der Waals surface area contributed by atoms with Crippen LogP contribution in [0.1, 0.15) is 39.3 Å². The molecule has 18 heavy (non-hydrogen) atoms. The number of rotatable bonds is 5. The average Bonchev–Trinajstić information content (AvgIpc) is 2.28. The van der Waals surface area contributed by atoms with Crippen molar-refractivity contribution in [1.82, 2.24) is 5.32 Å². The summed E-state index contributed by atoms with van der Waals surface area (Å²) in [5.41, 5.74) is 0.990. The van der Waals surface area contributed by atoms with Gasteiger partial charge in [0.2, 0.25) is 5.91 Å². The second-order valence-electron chi connectivity index (χ2n) is 4.43. The van der Waals surface area contributed by atoms with Crippen LogP contribution in [0.15, 0.2) is 36.4 Å². The molecular weight excluding hydrogens is 226 g/mol. The first-order chi connectivity index (χ1) is 8.54. The molecule has 1 aromatic carbocycles. The first kappa shape index (κ1) is 14.3. The number of para-hydroxylation sites is 1. The minimum atomic E-state index is -0.0932. The van der Waals surface area contributed by atoms with E-state index in [1.165, 1.54) is 6.08 Å². The van der Waals surface area contributed by atoms with Gasteiger partial charge < -0.3 is 10.1 Å². The van der Waals surface area contributed by atoms with Crippen LogP contribution in [0.3, 0.4) is 0 Å². The van der Waals surface area contributed by atoms with Crippen LogP contribution in [0.4, 0.5) is 0 Å². The molecule has 1 N–H and O–H groups in total. The van der Waals surface area contributed by atoms with Crippen molar-refractivity contribution >= 4 is 5.91 Å². The fraction of sp³-hybridized carbons (Fsp3) is 0.400. The summed E-state index contributed by atoms with van der Waals surface area (Å²) in [6.45, 7) is 7.74. The van der Waals surface area contributed by atoms with Crippen LogP contribution < -0.4 is 10.1 Å². The zero-order valence-electron chi connectivity index (χ0n) is 11.4. The second kappa shape index (κ2) is 6.84. The Morgan fingerprint density at radius 2 is 1.94 bits per heavy atom. The van der Waals surface area contributed by atoms with E-state index in [0.29, 0.717) is 0 Å². The van der Waals surface area contributed by atoms with Gasteiger partial charge in [-0.1, -0.05) is 24.3 Å². The maximum absolute atomic E-state index is 11.5. The molecule has 0 aliphatic rings. The first-order valence-corrected chi connectivity index (χ1v) is 6.23. The van der Waals surface area contributed by atoms with Gasteiger partial charge in [0.05, 0.1) is 12.1 Å². The monoisotopic (exact) mass is 247 g/mol. The van der Waals surface area contributed by atoms with Crippen molar-refractivity contribution in [3.8, 4) is 5.75 Å². The minimum Gasteiger partial charge on any atom is -0.491 e. The fourth-order valence-corrected chi connectivity index (χ4v) is 1.69. The molecule has 1 rings (SSSR count). The van der Waals surface area contributed by atoms with E-state index < -0.39 is 0 Å². The third-order valence-electron chi connectivity index (χ3n) is 2.42. The molecule has 1 unspecified atom stereocenters. The van der Waals surface area contributed by atoms with E-state index in [4.69, 9.17) is 4.74 Å². The molecule has 98 valence electrons. The smallest absolute Gasteiger partial charge is 0.244 e. The van der Waals surface area contributed by atoms with Crippen molar-refractivity contribution in [2.75, 3.05) is 0 Å². The standard InChI is InChI=1S/C15H21NO2/c1-5-8-15(17)16-12(4)13-9-6-7-10-14(13)18-11(2)3/h5-12H,1-4H3,(H,16,17). The van der Waals surface area contributed by atoms with E-state index in [0.717, 1.165) is 11.3 Å². The number of hydrogen-bond acceptors (Lipinski definition) is 2. The van der Waals surface area contributed by atoms with Gasteiger partial charge in [-0.25, -0.2) is 0 Å². The summed E-state index contributed by atoms with van der Waals surface area (Å²) in [4.78, 5) is 11.5. The van der Waals surface area contributed by atoms with Crippen molar-refractivity contribution in [3.05, 3.63) is 42.0 Å². The molecule has 0 aliphatic carbocycles. The lowest BCUT2D eigenvalue weighted by Gasteiger charge is -2.19. The highest BCUT2D eigenvalue weighted by Gasteiger charge is 2.13. The number of carbonyl (C=O) groups excluding carboxylic acids is 1. The van der Waals surface area contributed by atoms with Crippen molar-refractivity contribution < 1.29 is 9.53 Å². The highest BCUT2D eigenvalue weighted by Crippen LogP contribution is 2.25. The molecule has 0 aliphatic heterocycles. The predicted molar refractivity (Wildman–Crippen MR) is 73.6 cm³/mol.